The highest BCUT2D eigenvalue weighted by Crippen LogP contribution is 2.25. The van der Waals surface area contributed by atoms with Crippen LogP contribution < -0.4 is 15.0 Å². The van der Waals surface area contributed by atoms with E-state index in [1.54, 1.807) is 13.3 Å². The molecule has 0 bridgehead atoms. The Morgan fingerprint density at radius 1 is 1.29 bits per heavy atom. The zero-order valence-corrected chi connectivity index (χ0v) is 12.5. The predicted octanol–water partition coefficient (Wildman–Crippen LogP) is 1.06. The molecule has 3 heterocycles. The second-order valence-corrected chi connectivity index (χ2v) is 5.42. The average molecular weight is 288 g/mol. The second kappa shape index (κ2) is 5.69. The molecule has 7 heteroatoms. The first kappa shape index (κ1) is 13.8. The molecule has 2 unspecified atom stereocenters. The fourth-order valence-corrected chi connectivity index (χ4v) is 2.74. The number of ether oxygens (including phenoxy) is 1. The summed E-state index contributed by atoms with van der Waals surface area (Å²) >= 11 is 0. The van der Waals surface area contributed by atoms with E-state index in [1.807, 2.05) is 12.1 Å². The van der Waals surface area contributed by atoms with E-state index < -0.39 is 0 Å². The molecule has 7 nitrogen and oxygen atoms in total. The highest BCUT2D eigenvalue weighted by atomic mass is 16.5. The molecule has 112 valence electrons. The predicted molar refractivity (Wildman–Crippen MR) is 80.4 cm³/mol. The molecule has 1 saturated heterocycles. The van der Waals surface area contributed by atoms with E-state index in [1.165, 1.54) is 0 Å². The summed E-state index contributed by atoms with van der Waals surface area (Å²) in [6, 6.07) is 4.61. The van der Waals surface area contributed by atoms with Crippen molar-refractivity contribution in [2.24, 2.45) is 0 Å². The van der Waals surface area contributed by atoms with E-state index in [2.05, 4.69) is 44.2 Å². The first-order valence-electron chi connectivity index (χ1n) is 7.10. The summed E-state index contributed by atoms with van der Waals surface area (Å²) in [5, 5.41) is 10.8. The second-order valence-electron chi connectivity index (χ2n) is 5.42. The van der Waals surface area contributed by atoms with Crippen molar-refractivity contribution < 1.29 is 4.74 Å². The molecule has 0 saturated carbocycles. The molecule has 2 aromatic heterocycles. The van der Waals surface area contributed by atoms with Crippen molar-refractivity contribution in [1.29, 1.82) is 0 Å². The third-order valence-corrected chi connectivity index (χ3v) is 3.53. The van der Waals surface area contributed by atoms with Crippen molar-refractivity contribution in [3.8, 4) is 17.3 Å². The van der Waals surface area contributed by atoms with Crippen molar-refractivity contribution in [1.82, 2.24) is 25.5 Å². The summed E-state index contributed by atoms with van der Waals surface area (Å²) < 4.78 is 5.27. The molecule has 2 atom stereocenters. The molecule has 0 aromatic carbocycles. The Morgan fingerprint density at radius 2 is 2.05 bits per heavy atom. The maximum Gasteiger partial charge on any atom is 0.245 e. The topological polar surface area (TPSA) is 79.0 Å². The Kier molecular flexibility index (Phi) is 3.74. The summed E-state index contributed by atoms with van der Waals surface area (Å²) in [5.41, 5.74) is 0.815. The lowest BCUT2D eigenvalue weighted by molar-refractivity contribution is 0.399. The number of hydrogen-bond acceptors (Lipinski definition) is 6. The van der Waals surface area contributed by atoms with Crippen LogP contribution >= 0.6 is 0 Å². The molecule has 0 amide bonds. The molecule has 0 aliphatic carbocycles. The first-order chi connectivity index (χ1) is 10.2. The molecule has 2 aromatic rings. The first-order valence-corrected chi connectivity index (χ1v) is 7.10. The Morgan fingerprint density at radius 3 is 2.76 bits per heavy atom. The van der Waals surface area contributed by atoms with E-state index in [9.17, 15) is 0 Å². The SMILES string of the molecule is COc1ncccc1-c1nc(N2CC(C)NC(C)C2)n[nH]1. The van der Waals surface area contributed by atoms with Gasteiger partial charge in [-0.15, -0.1) is 5.10 Å². The van der Waals surface area contributed by atoms with Gasteiger partial charge < -0.3 is 15.0 Å². The van der Waals surface area contributed by atoms with Gasteiger partial charge in [-0.1, -0.05) is 0 Å². The molecule has 21 heavy (non-hydrogen) atoms. The summed E-state index contributed by atoms with van der Waals surface area (Å²) in [6.07, 6.45) is 1.69. The van der Waals surface area contributed by atoms with Crippen LogP contribution in [-0.2, 0) is 0 Å². The van der Waals surface area contributed by atoms with Gasteiger partial charge in [-0.2, -0.15) is 4.98 Å². The maximum atomic E-state index is 5.27. The normalized spacial score (nSPS) is 22.3. The fraction of sp³-hybridized carbons (Fsp3) is 0.500. The van der Waals surface area contributed by atoms with Crippen LogP contribution in [0.25, 0.3) is 11.4 Å². The number of nitrogens with one attached hydrogen (secondary N) is 2. The van der Waals surface area contributed by atoms with Gasteiger partial charge in [0.15, 0.2) is 5.82 Å². The summed E-state index contributed by atoms with van der Waals surface area (Å²) in [4.78, 5) is 11.0. The Bertz CT molecular complexity index is 603. The van der Waals surface area contributed by atoms with Crippen LogP contribution in [0.5, 0.6) is 5.88 Å². The third kappa shape index (κ3) is 2.82. The number of rotatable bonds is 3. The van der Waals surface area contributed by atoms with E-state index in [0.29, 0.717) is 23.8 Å². The lowest BCUT2D eigenvalue weighted by Gasteiger charge is -2.35. The van der Waals surface area contributed by atoms with Crippen LogP contribution in [0.2, 0.25) is 0 Å². The fourth-order valence-electron chi connectivity index (χ4n) is 2.74. The molecular weight excluding hydrogens is 268 g/mol. The smallest absolute Gasteiger partial charge is 0.245 e. The minimum absolute atomic E-state index is 0.420. The minimum atomic E-state index is 0.420. The van der Waals surface area contributed by atoms with Gasteiger partial charge in [-0.25, -0.2) is 4.98 Å². The monoisotopic (exact) mass is 288 g/mol. The Labute approximate surface area is 123 Å². The quantitative estimate of drug-likeness (QED) is 0.879. The highest BCUT2D eigenvalue weighted by Gasteiger charge is 2.24. The van der Waals surface area contributed by atoms with E-state index >= 15 is 0 Å². The third-order valence-electron chi connectivity index (χ3n) is 3.53. The number of H-pyrrole nitrogens is 1. The number of hydrogen-bond donors (Lipinski definition) is 2. The van der Waals surface area contributed by atoms with Crippen LogP contribution in [0.1, 0.15) is 13.8 Å². The lowest BCUT2D eigenvalue weighted by Crippen LogP contribution is -2.54. The number of methoxy groups -OCH3 is 1. The van der Waals surface area contributed by atoms with E-state index in [4.69, 9.17) is 4.74 Å². The standard InChI is InChI=1S/C14H20N6O/c1-9-7-20(8-10(2)16-9)14-17-12(18-19-14)11-5-4-6-15-13(11)21-3/h4-6,9-10,16H,7-8H2,1-3H3,(H,17,18,19). The van der Waals surface area contributed by atoms with Crippen LogP contribution in [0, 0.1) is 0 Å². The number of piperazine rings is 1. The highest BCUT2D eigenvalue weighted by molar-refractivity contribution is 5.62. The van der Waals surface area contributed by atoms with E-state index in [0.717, 1.165) is 24.6 Å². The van der Waals surface area contributed by atoms with E-state index in [-0.39, 0.29) is 0 Å². The molecule has 3 rings (SSSR count). The van der Waals surface area contributed by atoms with Crippen molar-refractivity contribution in [2.45, 2.75) is 25.9 Å². The number of pyridine rings is 1. The van der Waals surface area contributed by atoms with Gasteiger partial charge in [-0.3, -0.25) is 5.10 Å². The summed E-state index contributed by atoms with van der Waals surface area (Å²) in [7, 11) is 1.60. The molecular formula is C14H20N6O. The molecule has 0 spiro atoms. The van der Waals surface area contributed by atoms with Crippen molar-refractivity contribution >= 4 is 5.95 Å². The number of nitrogens with zero attached hydrogens (tertiary/aromatic N) is 4. The van der Waals surface area contributed by atoms with Crippen molar-refractivity contribution in [2.75, 3.05) is 25.1 Å². The molecule has 2 N–H and O–H groups in total. The molecule has 1 fully saturated rings. The van der Waals surface area contributed by atoms with Crippen LogP contribution in [0.3, 0.4) is 0 Å². The Hall–Kier alpha value is -2.15. The van der Waals surface area contributed by atoms with Crippen molar-refractivity contribution in [3.63, 3.8) is 0 Å². The largest absolute Gasteiger partial charge is 0.480 e. The zero-order valence-electron chi connectivity index (χ0n) is 12.5. The lowest BCUT2D eigenvalue weighted by atomic mass is 10.1. The number of anilines is 1. The summed E-state index contributed by atoms with van der Waals surface area (Å²) in [6.45, 7) is 6.12. The van der Waals surface area contributed by atoms with Gasteiger partial charge in [-0.05, 0) is 26.0 Å². The zero-order chi connectivity index (χ0) is 14.8. The van der Waals surface area contributed by atoms with Gasteiger partial charge in [0.2, 0.25) is 11.8 Å². The number of aromatic amines is 1. The maximum absolute atomic E-state index is 5.27. The average Bonchev–Trinajstić information content (AvgIpc) is 2.96. The van der Waals surface area contributed by atoms with Crippen LogP contribution in [0.4, 0.5) is 5.95 Å². The van der Waals surface area contributed by atoms with Gasteiger partial charge in [0, 0.05) is 31.4 Å². The summed E-state index contributed by atoms with van der Waals surface area (Å²) in [5.74, 6) is 1.94. The van der Waals surface area contributed by atoms with Crippen molar-refractivity contribution in [3.05, 3.63) is 18.3 Å². The van der Waals surface area contributed by atoms with Crippen LogP contribution in [-0.4, -0.2) is 52.4 Å². The van der Waals surface area contributed by atoms with Gasteiger partial charge >= 0.3 is 0 Å². The van der Waals surface area contributed by atoms with Gasteiger partial charge in [0.1, 0.15) is 0 Å². The number of aromatic nitrogens is 4. The van der Waals surface area contributed by atoms with Gasteiger partial charge in [0.25, 0.3) is 0 Å². The van der Waals surface area contributed by atoms with Crippen LogP contribution in [0.15, 0.2) is 18.3 Å². The molecule has 1 aliphatic rings. The molecule has 0 radical (unpaired) electrons. The Balaban J connectivity index is 1.86. The molecule has 1 aliphatic heterocycles. The minimum Gasteiger partial charge on any atom is -0.480 e. The van der Waals surface area contributed by atoms with Gasteiger partial charge in [0.05, 0.1) is 12.7 Å².